The Bertz CT molecular complexity index is 1180. The predicted octanol–water partition coefficient (Wildman–Crippen LogP) is 4.15. The maximum Gasteiger partial charge on any atom is 0.178 e. The number of aromatic nitrogens is 3. The number of piperidine rings is 1. The lowest BCUT2D eigenvalue weighted by atomic mass is 10.1. The third-order valence-corrected chi connectivity index (χ3v) is 6.33. The number of pyridine rings is 1. The van der Waals surface area contributed by atoms with Gasteiger partial charge in [0.05, 0.1) is 31.0 Å². The van der Waals surface area contributed by atoms with Crippen molar-refractivity contribution in [2.45, 2.75) is 45.3 Å². The molecule has 1 aromatic carbocycles. The number of halogens is 2. The highest BCUT2D eigenvalue weighted by molar-refractivity contribution is 5.72. The first kappa shape index (κ1) is 23.4. The van der Waals surface area contributed by atoms with E-state index >= 15 is 0 Å². The van der Waals surface area contributed by atoms with Crippen LogP contribution < -0.4 is 19.7 Å². The van der Waals surface area contributed by atoms with E-state index in [-0.39, 0.29) is 23.6 Å². The van der Waals surface area contributed by atoms with Crippen LogP contribution in [0.15, 0.2) is 36.7 Å². The molecule has 0 unspecified atom stereocenters. The molecule has 184 valence electrons. The summed E-state index contributed by atoms with van der Waals surface area (Å²) in [5.74, 6) is 0.172. The number of hydrogen-bond donors (Lipinski definition) is 1. The van der Waals surface area contributed by atoms with Crippen molar-refractivity contribution in [2.24, 2.45) is 0 Å². The summed E-state index contributed by atoms with van der Waals surface area (Å²) in [6.45, 7) is 7.00. The molecule has 0 radical (unpaired) electrons. The molecule has 0 spiro atoms. The van der Waals surface area contributed by atoms with Gasteiger partial charge in [-0.3, -0.25) is 4.98 Å². The molecule has 2 aliphatic heterocycles. The lowest BCUT2D eigenvalue weighted by molar-refractivity contribution is 0.162. The Morgan fingerprint density at radius 2 is 1.94 bits per heavy atom. The molecule has 9 heteroatoms. The van der Waals surface area contributed by atoms with Crippen LogP contribution in [0.3, 0.4) is 0 Å². The van der Waals surface area contributed by atoms with E-state index in [1.54, 1.807) is 12.3 Å². The fourth-order valence-corrected chi connectivity index (χ4v) is 4.52. The van der Waals surface area contributed by atoms with Gasteiger partial charge in [-0.05, 0) is 64.0 Å². The number of rotatable bonds is 6. The zero-order valence-corrected chi connectivity index (χ0v) is 19.9. The number of hydrogen-bond acceptors (Lipinski definition) is 7. The molecule has 7 nitrogen and oxygen atoms in total. The summed E-state index contributed by atoms with van der Waals surface area (Å²) in [7, 11) is 0. The van der Waals surface area contributed by atoms with E-state index in [0.717, 1.165) is 43.6 Å². The minimum atomic E-state index is -0.611. The van der Waals surface area contributed by atoms with Crippen LogP contribution in [0.25, 0.3) is 11.3 Å². The summed E-state index contributed by atoms with van der Waals surface area (Å²) in [4.78, 5) is 15.1. The molecule has 3 aromatic rings. The smallest absolute Gasteiger partial charge is 0.178 e. The van der Waals surface area contributed by atoms with Crippen molar-refractivity contribution in [3.8, 4) is 22.8 Å². The molecule has 0 amide bonds. The number of benzene rings is 1. The highest BCUT2D eigenvalue weighted by Gasteiger charge is 2.25. The highest BCUT2D eigenvalue weighted by Crippen LogP contribution is 2.39. The van der Waals surface area contributed by atoms with Gasteiger partial charge in [0, 0.05) is 17.3 Å². The van der Waals surface area contributed by atoms with E-state index < -0.39 is 11.6 Å². The van der Waals surface area contributed by atoms with E-state index in [1.807, 2.05) is 30.9 Å². The Morgan fingerprint density at radius 1 is 1.11 bits per heavy atom. The Kier molecular flexibility index (Phi) is 6.77. The summed E-state index contributed by atoms with van der Waals surface area (Å²) in [5.41, 5.74) is 1.73. The minimum absolute atomic E-state index is 0.0526. The van der Waals surface area contributed by atoms with Crippen LogP contribution in [-0.4, -0.2) is 53.3 Å². The van der Waals surface area contributed by atoms with E-state index in [0.29, 0.717) is 36.6 Å². The second-order valence-corrected chi connectivity index (χ2v) is 9.15. The molecule has 2 aliphatic rings. The van der Waals surface area contributed by atoms with Gasteiger partial charge < -0.3 is 19.7 Å². The summed E-state index contributed by atoms with van der Waals surface area (Å²) in [6.07, 6.45) is 5.27. The van der Waals surface area contributed by atoms with E-state index in [1.165, 1.54) is 6.07 Å². The average molecular weight is 482 g/mol. The normalized spacial score (nSPS) is 16.2. The average Bonchev–Trinajstić information content (AvgIpc) is 2.86. The standard InChI is InChI=1S/C26H29F2N5O2/c1-16(2)33-9-10-34-26-21(27)11-17(12-23(26)33)25-22(28)15-31-24(32-25)13-18-3-4-20(14-30-18)35-19-5-7-29-8-6-19/h3-4,11-12,14-16,19,29H,5-10,13H2,1-2H3. The van der Waals surface area contributed by atoms with Gasteiger partial charge in [-0.1, -0.05) is 0 Å². The van der Waals surface area contributed by atoms with Gasteiger partial charge in [-0.15, -0.1) is 0 Å². The fourth-order valence-electron chi connectivity index (χ4n) is 4.52. The molecule has 1 fully saturated rings. The van der Waals surface area contributed by atoms with Crippen molar-refractivity contribution in [3.63, 3.8) is 0 Å². The zero-order chi connectivity index (χ0) is 24.4. The first-order valence-corrected chi connectivity index (χ1v) is 12.0. The van der Waals surface area contributed by atoms with E-state index in [2.05, 4.69) is 20.3 Å². The molecule has 35 heavy (non-hydrogen) atoms. The number of fused-ring (bicyclic) bond motifs is 1. The van der Waals surface area contributed by atoms with Gasteiger partial charge in [-0.2, -0.15) is 0 Å². The van der Waals surface area contributed by atoms with Crippen molar-refractivity contribution in [3.05, 3.63) is 59.8 Å². The Labute approximate surface area is 203 Å². The number of ether oxygens (including phenoxy) is 2. The first-order valence-electron chi connectivity index (χ1n) is 12.0. The Balaban J connectivity index is 1.37. The van der Waals surface area contributed by atoms with Crippen LogP contribution in [0.2, 0.25) is 0 Å². The van der Waals surface area contributed by atoms with Crippen LogP contribution in [-0.2, 0) is 6.42 Å². The van der Waals surface area contributed by atoms with Gasteiger partial charge in [-0.25, -0.2) is 18.7 Å². The quantitative estimate of drug-likeness (QED) is 0.567. The first-order chi connectivity index (χ1) is 17.0. The lowest BCUT2D eigenvalue weighted by Gasteiger charge is -2.34. The molecule has 1 saturated heterocycles. The van der Waals surface area contributed by atoms with Crippen molar-refractivity contribution < 1.29 is 18.3 Å². The van der Waals surface area contributed by atoms with Crippen LogP contribution in [0.4, 0.5) is 14.5 Å². The highest BCUT2D eigenvalue weighted by atomic mass is 19.1. The molecule has 0 bridgehead atoms. The molecule has 0 atom stereocenters. The predicted molar refractivity (Wildman–Crippen MR) is 129 cm³/mol. The molecular formula is C26H29F2N5O2. The number of nitrogens with one attached hydrogen (secondary N) is 1. The van der Waals surface area contributed by atoms with Crippen LogP contribution in [0, 0.1) is 11.6 Å². The topological polar surface area (TPSA) is 72.4 Å². The number of anilines is 1. The molecule has 4 heterocycles. The molecule has 0 saturated carbocycles. The van der Waals surface area contributed by atoms with Crippen molar-refractivity contribution in [1.29, 1.82) is 0 Å². The minimum Gasteiger partial charge on any atom is -0.489 e. The van der Waals surface area contributed by atoms with E-state index in [9.17, 15) is 8.78 Å². The van der Waals surface area contributed by atoms with Crippen LogP contribution >= 0.6 is 0 Å². The van der Waals surface area contributed by atoms with E-state index in [4.69, 9.17) is 9.47 Å². The molecule has 1 N–H and O–H groups in total. The third kappa shape index (κ3) is 5.19. The fraction of sp³-hybridized carbons (Fsp3) is 0.423. The maximum absolute atomic E-state index is 14.9. The van der Waals surface area contributed by atoms with Gasteiger partial charge in [0.1, 0.15) is 30.0 Å². The largest absolute Gasteiger partial charge is 0.489 e. The lowest BCUT2D eigenvalue weighted by Crippen LogP contribution is -2.38. The van der Waals surface area contributed by atoms with Crippen molar-refractivity contribution in [1.82, 2.24) is 20.3 Å². The zero-order valence-electron chi connectivity index (χ0n) is 19.9. The Hall–Kier alpha value is -3.33. The summed E-state index contributed by atoms with van der Waals surface area (Å²) < 4.78 is 41.2. The SMILES string of the molecule is CC(C)N1CCOc2c(F)cc(-c3nc(Cc4ccc(OC5CCNCC5)cn4)ncc3F)cc21. The summed E-state index contributed by atoms with van der Waals surface area (Å²) in [6, 6.07) is 6.89. The molecule has 5 rings (SSSR count). The molecule has 0 aliphatic carbocycles. The molecular weight excluding hydrogens is 452 g/mol. The monoisotopic (exact) mass is 481 g/mol. The van der Waals surface area contributed by atoms with Gasteiger partial charge in [0.25, 0.3) is 0 Å². The second-order valence-electron chi connectivity index (χ2n) is 9.15. The van der Waals surface area contributed by atoms with Crippen molar-refractivity contribution in [2.75, 3.05) is 31.1 Å². The Morgan fingerprint density at radius 3 is 2.69 bits per heavy atom. The molecule has 2 aromatic heterocycles. The summed E-state index contributed by atoms with van der Waals surface area (Å²) in [5, 5.41) is 3.32. The van der Waals surface area contributed by atoms with Gasteiger partial charge in [0.2, 0.25) is 0 Å². The van der Waals surface area contributed by atoms with Crippen LogP contribution in [0.5, 0.6) is 11.5 Å². The van der Waals surface area contributed by atoms with Crippen LogP contribution in [0.1, 0.15) is 38.2 Å². The summed E-state index contributed by atoms with van der Waals surface area (Å²) >= 11 is 0. The number of nitrogens with zero attached hydrogens (tertiary/aromatic N) is 4. The third-order valence-electron chi connectivity index (χ3n) is 6.33. The van der Waals surface area contributed by atoms with Gasteiger partial charge in [0.15, 0.2) is 17.4 Å². The van der Waals surface area contributed by atoms with Gasteiger partial charge >= 0.3 is 0 Å². The van der Waals surface area contributed by atoms with Crippen molar-refractivity contribution >= 4 is 5.69 Å². The second kappa shape index (κ2) is 10.1. The maximum atomic E-state index is 14.9.